The molecule has 1 saturated carbocycles. The lowest BCUT2D eigenvalue weighted by Gasteiger charge is -2.49. The lowest BCUT2D eigenvalue weighted by Crippen LogP contribution is -2.61. The molecule has 2 aliphatic heterocycles. The number of carbonyl (C=O) groups excluding carboxylic acids is 1. The van der Waals surface area contributed by atoms with Crippen LogP contribution in [0.25, 0.3) is 0 Å². The molecule has 0 spiro atoms. The van der Waals surface area contributed by atoms with Gasteiger partial charge < -0.3 is 10.2 Å². The maximum Gasteiger partial charge on any atom is 0.243 e. The molecule has 0 aromatic heterocycles. The highest BCUT2D eigenvalue weighted by atomic mass is 16.2. The van der Waals surface area contributed by atoms with Crippen molar-refractivity contribution in [3.8, 4) is 0 Å². The van der Waals surface area contributed by atoms with Gasteiger partial charge in [0, 0.05) is 12.6 Å². The molecule has 20 heavy (non-hydrogen) atoms. The standard InChI is InChI=1S/C17H30N2O/c1-3-17(10-6-11-18-17)16(20)19-12-9-13(2)14-7-4-5-8-15(14)19/h13-15,18H,3-12H2,1-2H3. The van der Waals surface area contributed by atoms with Crippen LogP contribution in [-0.4, -0.2) is 35.5 Å². The van der Waals surface area contributed by atoms with Crippen LogP contribution in [0.4, 0.5) is 0 Å². The molecule has 1 amide bonds. The molecule has 4 atom stereocenters. The first-order chi connectivity index (χ1) is 9.68. The predicted octanol–water partition coefficient (Wildman–Crippen LogP) is 2.95. The van der Waals surface area contributed by atoms with E-state index < -0.39 is 0 Å². The summed E-state index contributed by atoms with van der Waals surface area (Å²) in [5.74, 6) is 1.98. The van der Waals surface area contributed by atoms with Crippen molar-refractivity contribution in [2.75, 3.05) is 13.1 Å². The van der Waals surface area contributed by atoms with Gasteiger partial charge in [0.25, 0.3) is 0 Å². The Morgan fingerprint density at radius 3 is 2.75 bits per heavy atom. The van der Waals surface area contributed by atoms with E-state index in [-0.39, 0.29) is 5.54 Å². The Morgan fingerprint density at radius 2 is 2.05 bits per heavy atom. The normalized spacial score (nSPS) is 41.5. The number of rotatable bonds is 2. The monoisotopic (exact) mass is 278 g/mol. The van der Waals surface area contributed by atoms with Gasteiger partial charge in [-0.3, -0.25) is 4.79 Å². The van der Waals surface area contributed by atoms with E-state index in [1.54, 1.807) is 0 Å². The average molecular weight is 278 g/mol. The molecule has 3 aliphatic rings. The van der Waals surface area contributed by atoms with Crippen LogP contribution in [0, 0.1) is 11.8 Å². The van der Waals surface area contributed by atoms with Crippen LogP contribution in [0.2, 0.25) is 0 Å². The fourth-order valence-electron chi connectivity index (χ4n) is 4.88. The van der Waals surface area contributed by atoms with Gasteiger partial charge in [0.2, 0.25) is 5.91 Å². The highest BCUT2D eigenvalue weighted by Crippen LogP contribution is 2.40. The van der Waals surface area contributed by atoms with E-state index in [9.17, 15) is 4.79 Å². The van der Waals surface area contributed by atoms with Crippen molar-refractivity contribution < 1.29 is 4.79 Å². The first kappa shape index (κ1) is 14.4. The third-order valence-corrected chi connectivity index (χ3v) is 6.26. The Bertz CT molecular complexity index is 362. The molecule has 3 rings (SSSR count). The Balaban J connectivity index is 1.79. The van der Waals surface area contributed by atoms with Crippen LogP contribution in [0.3, 0.4) is 0 Å². The van der Waals surface area contributed by atoms with Crippen molar-refractivity contribution in [1.29, 1.82) is 0 Å². The third-order valence-electron chi connectivity index (χ3n) is 6.26. The summed E-state index contributed by atoms with van der Waals surface area (Å²) in [6, 6.07) is 0.533. The van der Waals surface area contributed by atoms with Crippen molar-refractivity contribution in [2.45, 2.75) is 76.8 Å². The van der Waals surface area contributed by atoms with E-state index >= 15 is 0 Å². The predicted molar refractivity (Wildman–Crippen MR) is 81.5 cm³/mol. The number of nitrogens with one attached hydrogen (secondary N) is 1. The number of hydrogen-bond donors (Lipinski definition) is 1. The second-order valence-corrected chi connectivity index (χ2v) is 7.25. The van der Waals surface area contributed by atoms with Gasteiger partial charge in [0.1, 0.15) is 0 Å². The van der Waals surface area contributed by atoms with E-state index in [0.29, 0.717) is 11.9 Å². The van der Waals surface area contributed by atoms with Crippen LogP contribution in [0.15, 0.2) is 0 Å². The Kier molecular flexibility index (Phi) is 4.07. The minimum absolute atomic E-state index is 0.234. The molecular weight excluding hydrogens is 248 g/mol. The van der Waals surface area contributed by atoms with Gasteiger partial charge in [-0.2, -0.15) is 0 Å². The van der Waals surface area contributed by atoms with Crippen LogP contribution in [-0.2, 0) is 4.79 Å². The Hall–Kier alpha value is -0.570. The lowest BCUT2D eigenvalue weighted by molar-refractivity contribution is -0.146. The van der Waals surface area contributed by atoms with E-state index in [0.717, 1.165) is 44.2 Å². The molecule has 0 radical (unpaired) electrons. The van der Waals surface area contributed by atoms with E-state index in [2.05, 4.69) is 24.1 Å². The molecule has 1 aliphatic carbocycles. The molecule has 0 aromatic rings. The summed E-state index contributed by atoms with van der Waals surface area (Å²) in [5, 5.41) is 3.53. The Morgan fingerprint density at radius 1 is 1.25 bits per heavy atom. The molecule has 4 unspecified atom stereocenters. The molecule has 2 saturated heterocycles. The fraction of sp³-hybridized carbons (Fsp3) is 0.941. The summed E-state index contributed by atoms with van der Waals surface area (Å²) in [4.78, 5) is 15.5. The zero-order valence-corrected chi connectivity index (χ0v) is 13.2. The second-order valence-electron chi connectivity index (χ2n) is 7.25. The summed E-state index contributed by atoms with van der Waals surface area (Å²) < 4.78 is 0. The maximum absolute atomic E-state index is 13.2. The number of hydrogen-bond acceptors (Lipinski definition) is 2. The minimum Gasteiger partial charge on any atom is -0.338 e. The van der Waals surface area contributed by atoms with Crippen LogP contribution in [0.5, 0.6) is 0 Å². The molecule has 1 N–H and O–H groups in total. The second kappa shape index (κ2) is 5.67. The summed E-state index contributed by atoms with van der Waals surface area (Å²) in [6.07, 6.45) is 9.57. The number of fused-ring (bicyclic) bond motifs is 1. The third kappa shape index (κ3) is 2.28. The van der Waals surface area contributed by atoms with Gasteiger partial charge >= 0.3 is 0 Å². The number of carbonyl (C=O) groups is 1. The summed E-state index contributed by atoms with van der Waals surface area (Å²) >= 11 is 0. The summed E-state index contributed by atoms with van der Waals surface area (Å²) in [5.41, 5.74) is -0.234. The van der Waals surface area contributed by atoms with Crippen molar-refractivity contribution in [3.05, 3.63) is 0 Å². The van der Waals surface area contributed by atoms with Crippen LogP contribution >= 0.6 is 0 Å². The minimum atomic E-state index is -0.234. The lowest BCUT2D eigenvalue weighted by atomic mass is 9.72. The van der Waals surface area contributed by atoms with Gasteiger partial charge in [0.05, 0.1) is 5.54 Å². The summed E-state index contributed by atoms with van der Waals surface area (Å²) in [6.45, 7) is 6.57. The zero-order valence-electron chi connectivity index (χ0n) is 13.2. The highest BCUT2D eigenvalue weighted by Gasteiger charge is 2.47. The van der Waals surface area contributed by atoms with Crippen molar-refractivity contribution in [1.82, 2.24) is 10.2 Å². The summed E-state index contributed by atoms with van der Waals surface area (Å²) in [7, 11) is 0. The van der Waals surface area contributed by atoms with Crippen molar-refractivity contribution >= 4 is 5.91 Å². The highest BCUT2D eigenvalue weighted by molar-refractivity contribution is 5.87. The zero-order chi connectivity index (χ0) is 14.2. The molecular formula is C17H30N2O. The van der Waals surface area contributed by atoms with Crippen molar-refractivity contribution in [2.24, 2.45) is 11.8 Å². The Labute approximate surface area is 123 Å². The quantitative estimate of drug-likeness (QED) is 0.842. The number of nitrogens with zero attached hydrogens (tertiary/aromatic N) is 1. The smallest absolute Gasteiger partial charge is 0.243 e. The number of piperidine rings is 1. The largest absolute Gasteiger partial charge is 0.338 e. The molecule has 3 nitrogen and oxygen atoms in total. The van der Waals surface area contributed by atoms with Gasteiger partial charge in [-0.05, 0) is 56.9 Å². The van der Waals surface area contributed by atoms with Gasteiger partial charge in [-0.15, -0.1) is 0 Å². The first-order valence-corrected chi connectivity index (χ1v) is 8.74. The van der Waals surface area contributed by atoms with Gasteiger partial charge in [-0.25, -0.2) is 0 Å². The molecule has 0 aromatic carbocycles. The first-order valence-electron chi connectivity index (χ1n) is 8.74. The number of amides is 1. The van der Waals surface area contributed by atoms with Gasteiger partial charge in [0.15, 0.2) is 0 Å². The maximum atomic E-state index is 13.2. The van der Waals surface area contributed by atoms with Crippen LogP contribution < -0.4 is 5.32 Å². The fourth-order valence-corrected chi connectivity index (χ4v) is 4.88. The van der Waals surface area contributed by atoms with Gasteiger partial charge in [-0.1, -0.05) is 26.7 Å². The van der Waals surface area contributed by atoms with E-state index in [1.807, 2.05) is 0 Å². The molecule has 114 valence electrons. The molecule has 0 bridgehead atoms. The molecule has 3 fully saturated rings. The molecule has 3 heteroatoms. The average Bonchev–Trinajstić information content (AvgIpc) is 2.97. The topological polar surface area (TPSA) is 32.3 Å². The van der Waals surface area contributed by atoms with Crippen molar-refractivity contribution in [3.63, 3.8) is 0 Å². The van der Waals surface area contributed by atoms with E-state index in [1.165, 1.54) is 32.1 Å². The van der Waals surface area contributed by atoms with E-state index in [4.69, 9.17) is 0 Å². The molecule has 2 heterocycles. The van der Waals surface area contributed by atoms with Crippen LogP contribution in [0.1, 0.15) is 65.2 Å². The number of likely N-dealkylation sites (tertiary alicyclic amines) is 1. The SMILES string of the molecule is CCC1(C(=O)N2CCC(C)C3CCCCC32)CCCN1.